The predicted octanol–water partition coefficient (Wildman–Crippen LogP) is 6.09. The third-order valence-corrected chi connectivity index (χ3v) is 5.89. The smallest absolute Gasteiger partial charge is 0.408 e. The Hall–Kier alpha value is -3.55. The van der Waals surface area contributed by atoms with E-state index < -0.39 is 17.7 Å². The number of nitrogens with one attached hydrogen (secondary N) is 2. The molecule has 0 saturated carbocycles. The van der Waals surface area contributed by atoms with E-state index in [4.69, 9.17) is 9.47 Å². The predicted molar refractivity (Wildman–Crippen MR) is 150 cm³/mol. The molecule has 1 unspecified atom stereocenters. The summed E-state index contributed by atoms with van der Waals surface area (Å²) >= 11 is 0. The van der Waals surface area contributed by atoms with E-state index in [1.807, 2.05) is 30.3 Å². The standard InChI is InChI=1S/C30H43N3O5/c1-6-7-8-9-10-14-21-33(26(34)22-31-29(36)38-30(2,3)4)27(23-15-12-11-13-16-23)28(35)32-24-17-19-25(37-5)20-18-24/h11-13,15-20,27H,6-10,14,21-22H2,1-5H3,(H,31,36)(H,32,35). The Kier molecular flexibility index (Phi) is 12.6. The van der Waals surface area contributed by atoms with Crippen LogP contribution in [0, 0.1) is 0 Å². The van der Waals surface area contributed by atoms with Gasteiger partial charge in [0, 0.05) is 12.2 Å². The number of hydrogen-bond acceptors (Lipinski definition) is 5. The van der Waals surface area contributed by atoms with Gasteiger partial charge in [-0.3, -0.25) is 9.59 Å². The lowest BCUT2D eigenvalue weighted by Crippen LogP contribution is -2.47. The van der Waals surface area contributed by atoms with Gasteiger partial charge in [-0.05, 0) is 57.0 Å². The lowest BCUT2D eigenvalue weighted by molar-refractivity contribution is -0.138. The highest BCUT2D eigenvalue weighted by Gasteiger charge is 2.31. The van der Waals surface area contributed by atoms with Crippen LogP contribution in [-0.4, -0.2) is 48.6 Å². The van der Waals surface area contributed by atoms with E-state index in [1.165, 1.54) is 6.42 Å². The third-order valence-electron chi connectivity index (χ3n) is 5.89. The Bertz CT molecular complexity index is 1000. The fraction of sp³-hybridized carbons (Fsp3) is 0.500. The quantitative estimate of drug-likeness (QED) is 0.291. The fourth-order valence-electron chi connectivity index (χ4n) is 4.02. The second-order valence-electron chi connectivity index (χ2n) is 10.2. The summed E-state index contributed by atoms with van der Waals surface area (Å²) in [7, 11) is 1.58. The van der Waals surface area contributed by atoms with Crippen LogP contribution in [0.3, 0.4) is 0 Å². The van der Waals surface area contributed by atoms with Crippen molar-refractivity contribution in [1.82, 2.24) is 10.2 Å². The SMILES string of the molecule is CCCCCCCCN(C(=O)CNC(=O)OC(C)(C)C)C(C(=O)Nc1ccc(OC)cc1)c1ccccc1. The van der Waals surface area contributed by atoms with Gasteiger partial charge < -0.3 is 25.0 Å². The van der Waals surface area contributed by atoms with E-state index >= 15 is 0 Å². The number of unbranched alkanes of at least 4 members (excludes halogenated alkanes) is 5. The van der Waals surface area contributed by atoms with Crippen molar-refractivity contribution in [3.05, 3.63) is 60.2 Å². The molecule has 8 nitrogen and oxygen atoms in total. The third kappa shape index (κ3) is 10.8. The van der Waals surface area contributed by atoms with Crippen LogP contribution in [0.1, 0.15) is 77.8 Å². The van der Waals surface area contributed by atoms with Crippen molar-refractivity contribution in [2.45, 2.75) is 77.9 Å². The number of ether oxygens (including phenoxy) is 2. The van der Waals surface area contributed by atoms with E-state index in [-0.39, 0.29) is 18.4 Å². The molecule has 0 aliphatic heterocycles. The molecule has 2 aromatic carbocycles. The molecular weight excluding hydrogens is 482 g/mol. The minimum absolute atomic E-state index is 0.274. The maximum atomic E-state index is 13.7. The molecule has 0 aromatic heterocycles. The molecule has 0 aliphatic carbocycles. The van der Waals surface area contributed by atoms with Gasteiger partial charge in [-0.25, -0.2) is 4.79 Å². The van der Waals surface area contributed by atoms with Crippen molar-refractivity contribution in [3.63, 3.8) is 0 Å². The van der Waals surface area contributed by atoms with Crippen LogP contribution in [-0.2, 0) is 14.3 Å². The van der Waals surface area contributed by atoms with Crippen LogP contribution in [0.15, 0.2) is 54.6 Å². The molecule has 38 heavy (non-hydrogen) atoms. The van der Waals surface area contributed by atoms with Gasteiger partial charge in [0.1, 0.15) is 23.9 Å². The maximum Gasteiger partial charge on any atom is 0.408 e. The lowest BCUT2D eigenvalue weighted by atomic mass is 10.0. The normalized spacial score (nSPS) is 11.8. The van der Waals surface area contributed by atoms with Crippen molar-refractivity contribution in [2.75, 3.05) is 25.5 Å². The Morgan fingerprint density at radius 3 is 2.13 bits per heavy atom. The van der Waals surface area contributed by atoms with Crippen LogP contribution in [0.4, 0.5) is 10.5 Å². The van der Waals surface area contributed by atoms with Crippen molar-refractivity contribution < 1.29 is 23.9 Å². The Morgan fingerprint density at radius 2 is 1.53 bits per heavy atom. The van der Waals surface area contributed by atoms with Crippen molar-refractivity contribution in [2.24, 2.45) is 0 Å². The van der Waals surface area contributed by atoms with Crippen LogP contribution in [0.5, 0.6) is 5.75 Å². The molecule has 0 aliphatic rings. The summed E-state index contributed by atoms with van der Waals surface area (Å²) in [6, 6.07) is 15.4. The number of nitrogens with zero attached hydrogens (tertiary/aromatic N) is 1. The maximum absolute atomic E-state index is 13.7. The van der Waals surface area contributed by atoms with Crippen molar-refractivity contribution >= 4 is 23.6 Å². The molecule has 1 atom stereocenters. The summed E-state index contributed by atoms with van der Waals surface area (Å²) < 4.78 is 10.5. The van der Waals surface area contributed by atoms with E-state index in [9.17, 15) is 14.4 Å². The van der Waals surface area contributed by atoms with Crippen LogP contribution in [0.2, 0.25) is 0 Å². The average Bonchev–Trinajstić information content (AvgIpc) is 2.88. The number of rotatable bonds is 14. The lowest BCUT2D eigenvalue weighted by Gasteiger charge is -2.32. The van der Waals surface area contributed by atoms with E-state index in [0.717, 1.165) is 32.1 Å². The zero-order valence-corrected chi connectivity index (χ0v) is 23.4. The molecule has 0 heterocycles. The zero-order valence-electron chi connectivity index (χ0n) is 23.4. The van der Waals surface area contributed by atoms with Crippen molar-refractivity contribution in [1.29, 1.82) is 0 Å². The summed E-state index contributed by atoms with van der Waals surface area (Å²) in [6.45, 7) is 7.56. The monoisotopic (exact) mass is 525 g/mol. The molecule has 2 N–H and O–H groups in total. The van der Waals surface area contributed by atoms with Gasteiger partial charge in [0.15, 0.2) is 0 Å². The highest BCUT2D eigenvalue weighted by molar-refractivity contribution is 5.98. The molecule has 0 radical (unpaired) electrons. The van der Waals surface area contributed by atoms with E-state index in [2.05, 4.69) is 17.6 Å². The van der Waals surface area contributed by atoms with Gasteiger partial charge in [-0.1, -0.05) is 69.4 Å². The largest absolute Gasteiger partial charge is 0.497 e. The fourth-order valence-corrected chi connectivity index (χ4v) is 4.02. The van der Waals surface area contributed by atoms with Gasteiger partial charge >= 0.3 is 6.09 Å². The molecular formula is C30H43N3O5. The highest BCUT2D eigenvalue weighted by atomic mass is 16.6. The summed E-state index contributed by atoms with van der Waals surface area (Å²) in [5.41, 5.74) is 0.599. The Labute approximate surface area is 227 Å². The second kappa shape index (κ2) is 15.6. The molecule has 0 saturated heterocycles. The van der Waals surface area contributed by atoms with Crippen LogP contribution in [0.25, 0.3) is 0 Å². The number of carbonyl (C=O) groups excluding carboxylic acids is 3. The number of alkyl carbamates (subject to hydrolysis) is 1. The number of benzene rings is 2. The topological polar surface area (TPSA) is 97.0 Å². The minimum atomic E-state index is -0.873. The van der Waals surface area contributed by atoms with Gasteiger partial charge in [-0.2, -0.15) is 0 Å². The van der Waals surface area contributed by atoms with Gasteiger partial charge in [0.2, 0.25) is 5.91 Å². The highest BCUT2D eigenvalue weighted by Crippen LogP contribution is 2.25. The number of anilines is 1. The first-order valence-corrected chi connectivity index (χ1v) is 13.4. The first-order valence-electron chi connectivity index (χ1n) is 13.4. The molecule has 0 spiro atoms. The second-order valence-corrected chi connectivity index (χ2v) is 10.2. The van der Waals surface area contributed by atoms with Crippen LogP contribution >= 0.6 is 0 Å². The molecule has 208 valence electrons. The minimum Gasteiger partial charge on any atom is -0.497 e. The number of methoxy groups -OCH3 is 1. The molecule has 8 heteroatoms. The molecule has 0 bridgehead atoms. The van der Waals surface area contributed by atoms with Gasteiger partial charge in [0.25, 0.3) is 5.91 Å². The Morgan fingerprint density at radius 1 is 0.895 bits per heavy atom. The molecule has 3 amide bonds. The van der Waals surface area contributed by atoms with Crippen LogP contribution < -0.4 is 15.4 Å². The summed E-state index contributed by atoms with van der Waals surface area (Å²) in [5.74, 6) is -0.0168. The first-order chi connectivity index (χ1) is 18.1. The molecule has 2 aromatic rings. The number of carbonyl (C=O) groups is 3. The number of hydrogen-bond donors (Lipinski definition) is 2. The summed E-state index contributed by atoms with van der Waals surface area (Å²) in [5, 5.41) is 5.49. The van der Waals surface area contributed by atoms with E-state index in [1.54, 1.807) is 57.0 Å². The van der Waals surface area contributed by atoms with Gasteiger partial charge in [-0.15, -0.1) is 0 Å². The van der Waals surface area contributed by atoms with Crippen molar-refractivity contribution in [3.8, 4) is 5.75 Å². The zero-order chi connectivity index (χ0) is 28.0. The molecule has 0 fully saturated rings. The summed E-state index contributed by atoms with van der Waals surface area (Å²) in [6.07, 6.45) is 5.57. The first kappa shape index (κ1) is 30.7. The van der Waals surface area contributed by atoms with E-state index in [0.29, 0.717) is 23.5 Å². The number of amides is 3. The molecule has 2 rings (SSSR count). The average molecular weight is 526 g/mol. The van der Waals surface area contributed by atoms with Gasteiger partial charge in [0.05, 0.1) is 7.11 Å². The Balaban J connectivity index is 2.26. The summed E-state index contributed by atoms with van der Waals surface area (Å²) in [4.78, 5) is 40.9.